The molecule has 202 valence electrons. The number of benzene rings is 3. The van der Waals surface area contributed by atoms with Gasteiger partial charge in [-0.3, -0.25) is 14.4 Å². The Morgan fingerprint density at radius 2 is 1.03 bits per heavy atom. The van der Waals surface area contributed by atoms with Gasteiger partial charge in [-0.2, -0.15) is 0 Å². The van der Waals surface area contributed by atoms with Crippen molar-refractivity contribution >= 4 is 41.2 Å². The summed E-state index contributed by atoms with van der Waals surface area (Å²) in [5, 5.41) is 3.23. The van der Waals surface area contributed by atoms with Crippen LogP contribution < -0.4 is 15.9 Å². The predicted molar refractivity (Wildman–Crippen MR) is 147 cm³/mol. The number of hydrogen-bond acceptors (Lipinski definition) is 8. The van der Waals surface area contributed by atoms with E-state index in [1.54, 1.807) is 0 Å². The predicted octanol–water partition coefficient (Wildman–Crippen LogP) is 2.73. The molecule has 0 amide bonds. The van der Waals surface area contributed by atoms with Crippen LogP contribution in [0.5, 0.6) is 0 Å². The zero-order valence-electron chi connectivity index (χ0n) is 22.0. The van der Waals surface area contributed by atoms with Gasteiger partial charge in [-0.15, -0.1) is 4.67 Å². The molecule has 2 aliphatic rings. The quantitative estimate of drug-likeness (QED) is 0.253. The number of carbonyl (C=O) groups excluding carboxylic acids is 3. The van der Waals surface area contributed by atoms with Crippen LogP contribution >= 0.6 is 7.41 Å². The highest BCUT2D eigenvalue weighted by Gasteiger charge is 2.67. The fourth-order valence-corrected chi connectivity index (χ4v) is 10.2. The molecule has 2 saturated heterocycles. The molecular formula is C30H31NO7P+. The second-order valence-electron chi connectivity index (χ2n) is 9.55. The molecule has 2 heterocycles. The Morgan fingerprint density at radius 3 is 1.44 bits per heavy atom. The smallest absolute Gasteiger partial charge is 0.303 e. The molecule has 0 saturated carbocycles. The van der Waals surface area contributed by atoms with Crippen LogP contribution in [0.15, 0.2) is 91.0 Å². The molecule has 2 fully saturated rings. The molecule has 2 aliphatic heterocycles. The highest BCUT2D eigenvalue weighted by molar-refractivity contribution is 7.93. The fraction of sp³-hybridized carbons (Fsp3) is 0.300. The van der Waals surface area contributed by atoms with Gasteiger partial charge in [0.2, 0.25) is 0 Å². The molecule has 0 spiro atoms. The molecule has 3 aromatic carbocycles. The van der Waals surface area contributed by atoms with E-state index in [1.807, 2.05) is 54.6 Å². The van der Waals surface area contributed by atoms with E-state index in [9.17, 15) is 14.4 Å². The first-order chi connectivity index (χ1) is 18.8. The lowest BCUT2D eigenvalue weighted by atomic mass is 10.00. The lowest BCUT2D eigenvalue weighted by molar-refractivity contribution is -0.234. The van der Waals surface area contributed by atoms with Gasteiger partial charge in [0.15, 0.2) is 32.0 Å². The van der Waals surface area contributed by atoms with Gasteiger partial charge in [0, 0.05) is 20.8 Å². The number of rotatable bonds is 7. The van der Waals surface area contributed by atoms with E-state index in [-0.39, 0.29) is 0 Å². The van der Waals surface area contributed by atoms with Crippen LogP contribution in [0.25, 0.3) is 0 Å². The number of hydrogen-bond donors (Lipinski definition) is 0. The molecule has 0 N–H and O–H groups in total. The third-order valence-corrected chi connectivity index (χ3v) is 11.2. The summed E-state index contributed by atoms with van der Waals surface area (Å²) in [5.74, 6) is -1.68. The van der Waals surface area contributed by atoms with Gasteiger partial charge >= 0.3 is 17.9 Å². The Balaban J connectivity index is 1.76. The number of fused-ring (bicyclic) bond motifs is 2. The number of carbonyl (C=O) groups is 3. The zero-order chi connectivity index (χ0) is 27.6. The Bertz CT molecular complexity index is 1220. The maximum absolute atomic E-state index is 12.4. The van der Waals surface area contributed by atoms with Crippen molar-refractivity contribution in [1.29, 1.82) is 0 Å². The average molecular weight is 549 g/mol. The average Bonchev–Trinajstić information content (AvgIpc) is 3.32. The summed E-state index contributed by atoms with van der Waals surface area (Å²) >= 11 is 0. The molecule has 39 heavy (non-hydrogen) atoms. The van der Waals surface area contributed by atoms with E-state index in [4.69, 9.17) is 18.9 Å². The van der Waals surface area contributed by atoms with Gasteiger partial charge in [0.05, 0.1) is 6.54 Å². The van der Waals surface area contributed by atoms with Crippen LogP contribution in [-0.2, 0) is 33.3 Å². The molecule has 5 rings (SSSR count). The molecule has 5 atom stereocenters. The minimum absolute atomic E-state index is 0.352. The van der Waals surface area contributed by atoms with E-state index in [0.29, 0.717) is 6.54 Å². The maximum atomic E-state index is 12.4. The second kappa shape index (κ2) is 11.3. The Morgan fingerprint density at radius 1 is 0.641 bits per heavy atom. The summed E-state index contributed by atoms with van der Waals surface area (Å²) in [5.41, 5.74) is 0. The Labute approximate surface area is 228 Å². The van der Waals surface area contributed by atoms with Gasteiger partial charge in [0.1, 0.15) is 22.0 Å². The van der Waals surface area contributed by atoms with Crippen molar-refractivity contribution in [1.82, 2.24) is 4.67 Å². The first kappa shape index (κ1) is 27.0. The first-order valence-corrected chi connectivity index (χ1v) is 14.6. The Kier molecular flexibility index (Phi) is 7.80. The summed E-state index contributed by atoms with van der Waals surface area (Å²) in [7, 11) is -2.64. The van der Waals surface area contributed by atoms with Crippen molar-refractivity contribution < 1.29 is 33.3 Å². The summed E-state index contributed by atoms with van der Waals surface area (Å²) < 4.78 is 26.0. The minimum Gasteiger partial charge on any atom is -0.456 e. The van der Waals surface area contributed by atoms with Crippen molar-refractivity contribution in [3.8, 4) is 0 Å². The van der Waals surface area contributed by atoms with Crippen molar-refractivity contribution in [3.05, 3.63) is 91.0 Å². The second-order valence-corrected chi connectivity index (χ2v) is 12.9. The van der Waals surface area contributed by atoms with E-state index in [2.05, 4.69) is 41.1 Å². The molecular weight excluding hydrogens is 517 g/mol. The first-order valence-electron chi connectivity index (χ1n) is 12.8. The van der Waals surface area contributed by atoms with Crippen LogP contribution in [0.1, 0.15) is 20.8 Å². The number of nitrogens with zero attached hydrogens (tertiary/aromatic N) is 1. The van der Waals surface area contributed by atoms with Crippen LogP contribution in [0.4, 0.5) is 0 Å². The van der Waals surface area contributed by atoms with Crippen molar-refractivity contribution in [2.45, 2.75) is 51.4 Å². The molecule has 0 aromatic heterocycles. The van der Waals surface area contributed by atoms with E-state index < -0.39 is 56.0 Å². The third-order valence-electron chi connectivity index (χ3n) is 6.95. The topological polar surface area (TPSA) is 91.4 Å². The largest absolute Gasteiger partial charge is 0.456 e. The summed E-state index contributed by atoms with van der Waals surface area (Å²) in [6.45, 7) is 4.22. The monoisotopic (exact) mass is 548 g/mol. The molecule has 2 bridgehead atoms. The van der Waals surface area contributed by atoms with E-state index in [1.165, 1.54) is 20.8 Å². The van der Waals surface area contributed by atoms with Gasteiger partial charge in [-0.05, 0) is 36.4 Å². The lowest BCUT2D eigenvalue weighted by Gasteiger charge is -2.42. The lowest BCUT2D eigenvalue weighted by Crippen LogP contribution is -2.60. The number of esters is 3. The normalized spacial score (nSPS) is 24.5. The molecule has 8 nitrogen and oxygen atoms in total. The third kappa shape index (κ3) is 5.08. The number of ether oxygens (including phenoxy) is 4. The highest BCUT2D eigenvalue weighted by Crippen LogP contribution is 2.62. The van der Waals surface area contributed by atoms with Gasteiger partial charge in [-0.25, -0.2) is 0 Å². The fourth-order valence-electron chi connectivity index (χ4n) is 5.66. The van der Waals surface area contributed by atoms with Gasteiger partial charge < -0.3 is 18.9 Å². The van der Waals surface area contributed by atoms with E-state index in [0.717, 1.165) is 15.9 Å². The maximum Gasteiger partial charge on any atom is 0.303 e. The van der Waals surface area contributed by atoms with Crippen molar-refractivity contribution in [3.63, 3.8) is 0 Å². The standard InChI is InChI=1S/C30H31NO7P/c1-20(32)35-27-26-19-31(30(38-26)29(37-22(3)34)28(27)36-21(2)33)39(23-13-7-4-8-14-23,24-15-9-5-10-16-24)25-17-11-6-12-18-25/h4-18,26-30H,19H2,1-3H3/q+1/t26-,27-,28+,29-,30-/m1/s1. The zero-order valence-corrected chi connectivity index (χ0v) is 22.9. The highest BCUT2D eigenvalue weighted by atomic mass is 31.2. The van der Waals surface area contributed by atoms with Gasteiger partial charge in [-0.1, -0.05) is 54.6 Å². The summed E-state index contributed by atoms with van der Waals surface area (Å²) in [6, 6.07) is 30.6. The van der Waals surface area contributed by atoms with Crippen LogP contribution in [0.2, 0.25) is 0 Å². The summed E-state index contributed by atoms with van der Waals surface area (Å²) in [6.07, 6.45) is -4.42. The Hall–Kier alpha value is -3.58. The SMILES string of the molecule is CC(=O)O[C@@H]1[C@@H](OC(C)=O)[C@H]2O[C@H](CN2[P+](c2ccccc2)(c2ccccc2)c2ccccc2)[C@H]1OC(C)=O. The van der Waals surface area contributed by atoms with Crippen molar-refractivity contribution in [2.75, 3.05) is 6.54 Å². The molecule has 0 radical (unpaired) electrons. The molecule has 3 aromatic rings. The van der Waals surface area contributed by atoms with Crippen LogP contribution in [0, 0.1) is 0 Å². The molecule has 9 heteroatoms. The van der Waals surface area contributed by atoms with Crippen molar-refractivity contribution in [2.24, 2.45) is 0 Å². The van der Waals surface area contributed by atoms with Crippen LogP contribution in [0.3, 0.4) is 0 Å². The minimum atomic E-state index is -2.64. The molecule has 0 aliphatic carbocycles. The van der Waals surface area contributed by atoms with E-state index >= 15 is 0 Å². The van der Waals surface area contributed by atoms with Crippen LogP contribution in [-0.4, -0.2) is 59.8 Å². The van der Waals surface area contributed by atoms with Gasteiger partial charge in [0.25, 0.3) is 0 Å². The summed E-state index contributed by atoms with van der Waals surface area (Å²) in [4.78, 5) is 36.7. The molecule has 0 unspecified atom stereocenters.